The molecule has 6 heteroatoms. The van der Waals surface area contributed by atoms with Crippen LogP contribution in [-0.2, 0) is 10.0 Å². The van der Waals surface area contributed by atoms with Gasteiger partial charge < -0.3 is 5.11 Å². The lowest BCUT2D eigenvalue weighted by molar-refractivity contribution is 0.282. The van der Waals surface area contributed by atoms with E-state index >= 15 is 0 Å². The summed E-state index contributed by atoms with van der Waals surface area (Å²) in [5.74, 6) is 0. The largest absolute Gasteiger partial charge is 0.395 e. The highest BCUT2D eigenvalue weighted by Crippen LogP contribution is 2.12. The third kappa shape index (κ3) is 5.78. The molecule has 4 nitrogen and oxygen atoms in total. The molecule has 1 rings (SSSR count). The normalized spacial score (nSPS) is 15.5. The Kier molecular flexibility index (Phi) is 6.57. The standard InChI is InChI=1S/C13H19NO3S2/c1-11(13(10-15)18-2)14-19(16,17)9-8-12-6-4-3-5-7-12/h3-9,11,13-15H,10H2,1-2H3/b9-8+. The second kappa shape index (κ2) is 7.69. The third-order valence-electron chi connectivity index (χ3n) is 2.63. The summed E-state index contributed by atoms with van der Waals surface area (Å²) >= 11 is 1.43. The molecule has 1 aromatic carbocycles. The number of aliphatic hydroxyl groups is 1. The molecule has 0 saturated heterocycles. The minimum Gasteiger partial charge on any atom is -0.395 e. The molecule has 0 saturated carbocycles. The van der Waals surface area contributed by atoms with Crippen LogP contribution in [0.5, 0.6) is 0 Å². The van der Waals surface area contributed by atoms with Gasteiger partial charge in [-0.05, 0) is 24.8 Å². The van der Waals surface area contributed by atoms with Crippen LogP contribution in [0.2, 0.25) is 0 Å². The highest BCUT2D eigenvalue weighted by Gasteiger charge is 2.19. The van der Waals surface area contributed by atoms with Gasteiger partial charge in [0, 0.05) is 16.7 Å². The summed E-state index contributed by atoms with van der Waals surface area (Å²) in [5, 5.41) is 10.1. The van der Waals surface area contributed by atoms with Crippen LogP contribution in [0.4, 0.5) is 0 Å². The zero-order chi connectivity index (χ0) is 14.3. The predicted molar refractivity (Wildman–Crippen MR) is 81.4 cm³/mol. The summed E-state index contributed by atoms with van der Waals surface area (Å²) in [4.78, 5) is 0. The molecule has 19 heavy (non-hydrogen) atoms. The summed E-state index contributed by atoms with van der Waals surface area (Å²) in [7, 11) is -3.50. The number of benzene rings is 1. The maximum absolute atomic E-state index is 11.9. The van der Waals surface area contributed by atoms with Gasteiger partial charge in [-0.2, -0.15) is 11.8 Å². The van der Waals surface area contributed by atoms with Gasteiger partial charge >= 0.3 is 0 Å². The highest BCUT2D eigenvalue weighted by atomic mass is 32.2. The molecule has 1 aromatic rings. The first-order valence-corrected chi connectivity index (χ1v) is 8.71. The average Bonchev–Trinajstić information content (AvgIpc) is 2.38. The van der Waals surface area contributed by atoms with Crippen molar-refractivity contribution < 1.29 is 13.5 Å². The SMILES string of the molecule is CSC(CO)C(C)NS(=O)(=O)/C=C/c1ccccc1. The van der Waals surface area contributed by atoms with Gasteiger partial charge in [-0.25, -0.2) is 13.1 Å². The van der Waals surface area contributed by atoms with Crippen LogP contribution in [0.1, 0.15) is 12.5 Å². The molecule has 0 aliphatic rings. The smallest absolute Gasteiger partial charge is 0.234 e. The van der Waals surface area contributed by atoms with Gasteiger partial charge in [-0.15, -0.1) is 0 Å². The van der Waals surface area contributed by atoms with Gasteiger partial charge in [0.2, 0.25) is 10.0 Å². The quantitative estimate of drug-likeness (QED) is 0.804. The lowest BCUT2D eigenvalue weighted by atomic mass is 10.2. The molecular weight excluding hydrogens is 282 g/mol. The first-order chi connectivity index (χ1) is 8.98. The minimum atomic E-state index is -3.50. The van der Waals surface area contributed by atoms with Crippen LogP contribution in [0, 0.1) is 0 Å². The molecule has 0 radical (unpaired) electrons. The third-order valence-corrected chi connectivity index (χ3v) is 4.99. The van der Waals surface area contributed by atoms with Crippen LogP contribution >= 0.6 is 11.8 Å². The summed E-state index contributed by atoms with van der Waals surface area (Å²) in [6, 6.07) is 8.89. The van der Waals surface area contributed by atoms with Crippen molar-refractivity contribution in [3.05, 3.63) is 41.3 Å². The first kappa shape index (κ1) is 16.2. The van der Waals surface area contributed by atoms with Gasteiger partial charge in [0.15, 0.2) is 0 Å². The zero-order valence-electron chi connectivity index (χ0n) is 11.0. The molecule has 0 heterocycles. The minimum absolute atomic E-state index is 0.0622. The van der Waals surface area contributed by atoms with Crippen molar-refractivity contribution in [3.8, 4) is 0 Å². The molecule has 0 fully saturated rings. The molecule has 2 atom stereocenters. The molecule has 0 amide bonds. The fourth-order valence-electron chi connectivity index (χ4n) is 1.54. The Morgan fingerprint density at radius 2 is 2.00 bits per heavy atom. The number of nitrogens with one attached hydrogen (secondary N) is 1. The lowest BCUT2D eigenvalue weighted by Gasteiger charge is -2.20. The molecule has 0 aliphatic heterocycles. The molecule has 0 aromatic heterocycles. The van der Waals surface area contributed by atoms with Gasteiger partial charge in [-0.3, -0.25) is 0 Å². The van der Waals surface area contributed by atoms with E-state index in [0.29, 0.717) is 0 Å². The molecule has 2 N–H and O–H groups in total. The second-order valence-corrected chi connectivity index (χ2v) is 6.80. The number of hydrogen-bond acceptors (Lipinski definition) is 4. The van der Waals surface area contributed by atoms with E-state index in [1.165, 1.54) is 11.8 Å². The van der Waals surface area contributed by atoms with Crippen LogP contribution in [0.15, 0.2) is 35.7 Å². The maximum Gasteiger partial charge on any atom is 0.234 e. The van der Waals surface area contributed by atoms with E-state index in [2.05, 4.69) is 4.72 Å². The number of aliphatic hydroxyl groups excluding tert-OH is 1. The van der Waals surface area contributed by atoms with Gasteiger partial charge in [0.25, 0.3) is 0 Å². The lowest BCUT2D eigenvalue weighted by Crippen LogP contribution is -2.40. The summed E-state index contributed by atoms with van der Waals surface area (Å²) < 4.78 is 26.3. The van der Waals surface area contributed by atoms with Crippen LogP contribution in [-0.4, -0.2) is 37.7 Å². The molecular formula is C13H19NO3S2. The molecule has 2 unspecified atom stereocenters. The summed E-state index contributed by atoms with van der Waals surface area (Å²) in [6.07, 6.45) is 3.38. The van der Waals surface area contributed by atoms with E-state index < -0.39 is 10.0 Å². The van der Waals surface area contributed by atoms with Crippen molar-refractivity contribution in [1.82, 2.24) is 4.72 Å². The van der Waals surface area contributed by atoms with Crippen LogP contribution in [0.25, 0.3) is 6.08 Å². The Morgan fingerprint density at radius 3 is 2.53 bits per heavy atom. The molecule has 106 valence electrons. The van der Waals surface area contributed by atoms with Crippen LogP contribution < -0.4 is 4.72 Å². The van der Waals surface area contributed by atoms with Crippen molar-refractivity contribution >= 4 is 27.9 Å². The molecule has 0 spiro atoms. The second-order valence-electron chi connectivity index (χ2n) is 4.12. The number of rotatable bonds is 7. The zero-order valence-corrected chi connectivity index (χ0v) is 12.6. The Hall–Kier alpha value is -0.820. The highest BCUT2D eigenvalue weighted by molar-refractivity contribution is 7.99. The maximum atomic E-state index is 11.9. The van der Waals surface area contributed by atoms with Crippen LogP contribution in [0.3, 0.4) is 0 Å². The fourth-order valence-corrected chi connectivity index (χ4v) is 3.35. The van der Waals surface area contributed by atoms with Gasteiger partial charge in [0.1, 0.15) is 0 Å². The number of hydrogen-bond donors (Lipinski definition) is 2. The first-order valence-electron chi connectivity index (χ1n) is 5.87. The van der Waals surface area contributed by atoms with Gasteiger partial charge in [0.05, 0.1) is 6.61 Å². The van der Waals surface area contributed by atoms with E-state index in [-0.39, 0.29) is 17.9 Å². The summed E-state index contributed by atoms with van der Waals surface area (Å²) in [6.45, 7) is 1.68. The predicted octanol–water partition coefficient (Wildman–Crippen LogP) is 1.69. The van der Waals surface area contributed by atoms with E-state index in [0.717, 1.165) is 11.0 Å². The topological polar surface area (TPSA) is 66.4 Å². The average molecular weight is 301 g/mol. The Morgan fingerprint density at radius 1 is 1.37 bits per heavy atom. The number of thioether (sulfide) groups is 1. The van der Waals surface area contributed by atoms with E-state index in [1.54, 1.807) is 13.0 Å². The van der Waals surface area contributed by atoms with Crippen molar-refractivity contribution in [2.75, 3.05) is 12.9 Å². The molecule has 0 bridgehead atoms. The van der Waals surface area contributed by atoms with E-state index in [1.807, 2.05) is 36.6 Å². The Labute approximate surface area is 119 Å². The fraction of sp³-hybridized carbons (Fsp3) is 0.385. The molecule has 0 aliphatic carbocycles. The van der Waals surface area contributed by atoms with E-state index in [4.69, 9.17) is 5.11 Å². The van der Waals surface area contributed by atoms with Crippen molar-refractivity contribution in [1.29, 1.82) is 0 Å². The monoisotopic (exact) mass is 301 g/mol. The van der Waals surface area contributed by atoms with E-state index in [9.17, 15) is 8.42 Å². The van der Waals surface area contributed by atoms with Crippen molar-refractivity contribution in [2.24, 2.45) is 0 Å². The van der Waals surface area contributed by atoms with Gasteiger partial charge in [-0.1, -0.05) is 30.3 Å². The Bertz CT molecular complexity index is 496. The number of sulfonamides is 1. The van der Waals surface area contributed by atoms with Crippen molar-refractivity contribution in [2.45, 2.75) is 18.2 Å². The summed E-state index contributed by atoms with van der Waals surface area (Å²) in [5.41, 5.74) is 0.823. The Balaban J connectivity index is 2.69. The van der Waals surface area contributed by atoms with Crippen molar-refractivity contribution in [3.63, 3.8) is 0 Å².